The average Bonchev–Trinajstić information content (AvgIpc) is 3.01. The van der Waals surface area contributed by atoms with Gasteiger partial charge in [0.1, 0.15) is 16.4 Å². The van der Waals surface area contributed by atoms with Crippen LogP contribution in [-0.2, 0) is 0 Å². The first kappa shape index (κ1) is 19.0. The zero-order chi connectivity index (χ0) is 19.7. The lowest BCUT2D eigenvalue weighted by molar-refractivity contribution is 0.0544. The van der Waals surface area contributed by atoms with E-state index in [4.69, 9.17) is 17.2 Å². The number of nitrogens with zero attached hydrogens (tertiary/aromatic N) is 3. The molecule has 2 aliphatic rings. The van der Waals surface area contributed by atoms with Crippen LogP contribution in [0.25, 0.3) is 0 Å². The van der Waals surface area contributed by atoms with Gasteiger partial charge in [-0.05, 0) is 25.6 Å². The van der Waals surface area contributed by atoms with E-state index in [1.165, 1.54) is 0 Å². The molecule has 4 rings (SSSR count). The molecule has 5 heteroatoms. The summed E-state index contributed by atoms with van der Waals surface area (Å²) in [5.74, 6) is -0.0513. The van der Waals surface area contributed by atoms with Gasteiger partial charge in [-0.2, -0.15) is 0 Å². The fraction of sp³-hybridized carbons (Fsp3) is 0.348. The molecule has 2 aromatic rings. The van der Waals surface area contributed by atoms with Crippen LogP contribution in [0.3, 0.4) is 0 Å². The minimum absolute atomic E-state index is 0.0513. The number of thiocarbonyl (C=S) groups is 1. The molecule has 0 atom stereocenters. The predicted molar refractivity (Wildman–Crippen MR) is 117 cm³/mol. The SMILES string of the molecule is CCN1CCC2(CC1)N=C(c1ccccc1)C(=S)N2C(=O)c1ccc(C)cc1. The van der Waals surface area contributed by atoms with E-state index in [9.17, 15) is 4.79 Å². The Balaban J connectivity index is 1.74. The van der Waals surface area contributed by atoms with Crippen molar-refractivity contribution >= 4 is 28.8 Å². The van der Waals surface area contributed by atoms with E-state index in [0.717, 1.165) is 49.3 Å². The highest BCUT2D eigenvalue weighted by atomic mass is 32.1. The number of hydrogen-bond donors (Lipinski definition) is 0. The number of hydrogen-bond acceptors (Lipinski definition) is 4. The summed E-state index contributed by atoms with van der Waals surface area (Å²) in [5.41, 5.74) is 2.96. The Labute approximate surface area is 171 Å². The van der Waals surface area contributed by atoms with Crippen LogP contribution < -0.4 is 0 Å². The molecule has 1 spiro atoms. The van der Waals surface area contributed by atoms with Crippen molar-refractivity contribution in [1.82, 2.24) is 9.80 Å². The van der Waals surface area contributed by atoms with Gasteiger partial charge < -0.3 is 4.90 Å². The fourth-order valence-corrected chi connectivity index (χ4v) is 4.47. The van der Waals surface area contributed by atoms with Crippen LogP contribution in [0, 0.1) is 6.92 Å². The van der Waals surface area contributed by atoms with Gasteiger partial charge in [0.25, 0.3) is 5.91 Å². The van der Waals surface area contributed by atoms with Crippen LogP contribution in [0.4, 0.5) is 0 Å². The number of carbonyl (C=O) groups is 1. The number of likely N-dealkylation sites (tertiary alicyclic amines) is 1. The molecule has 1 saturated heterocycles. The Morgan fingerprint density at radius 3 is 2.32 bits per heavy atom. The molecule has 0 N–H and O–H groups in total. The molecule has 144 valence electrons. The molecule has 1 amide bonds. The van der Waals surface area contributed by atoms with Crippen molar-refractivity contribution in [2.75, 3.05) is 19.6 Å². The zero-order valence-corrected chi connectivity index (χ0v) is 17.2. The molecule has 0 saturated carbocycles. The number of benzene rings is 2. The molecule has 2 aliphatic heterocycles. The quantitative estimate of drug-likeness (QED) is 0.740. The molecule has 0 bridgehead atoms. The number of aryl methyl sites for hydroxylation is 1. The van der Waals surface area contributed by atoms with E-state index in [-0.39, 0.29) is 5.91 Å². The molecular formula is C23H25N3OS. The van der Waals surface area contributed by atoms with Crippen molar-refractivity contribution in [3.05, 3.63) is 71.3 Å². The molecule has 4 nitrogen and oxygen atoms in total. The van der Waals surface area contributed by atoms with Gasteiger partial charge in [0, 0.05) is 37.1 Å². The maximum absolute atomic E-state index is 13.5. The maximum atomic E-state index is 13.5. The van der Waals surface area contributed by atoms with Crippen molar-refractivity contribution in [1.29, 1.82) is 0 Å². The highest BCUT2D eigenvalue weighted by molar-refractivity contribution is 7.82. The largest absolute Gasteiger partial charge is 0.303 e. The molecule has 0 aromatic heterocycles. The van der Waals surface area contributed by atoms with Gasteiger partial charge in [-0.25, -0.2) is 0 Å². The lowest BCUT2D eigenvalue weighted by atomic mass is 9.95. The van der Waals surface area contributed by atoms with E-state index >= 15 is 0 Å². The Hall–Kier alpha value is -2.37. The van der Waals surface area contributed by atoms with Crippen molar-refractivity contribution in [2.24, 2.45) is 4.99 Å². The van der Waals surface area contributed by atoms with Crippen molar-refractivity contribution in [3.63, 3.8) is 0 Å². The number of carbonyl (C=O) groups excluding carboxylic acids is 1. The van der Waals surface area contributed by atoms with Gasteiger partial charge in [0.05, 0.1) is 0 Å². The van der Waals surface area contributed by atoms with Gasteiger partial charge in [-0.15, -0.1) is 0 Å². The van der Waals surface area contributed by atoms with Crippen molar-refractivity contribution in [2.45, 2.75) is 32.4 Å². The Morgan fingerprint density at radius 2 is 1.71 bits per heavy atom. The summed E-state index contributed by atoms with van der Waals surface area (Å²) < 4.78 is 0. The monoisotopic (exact) mass is 391 g/mol. The molecular weight excluding hydrogens is 366 g/mol. The topological polar surface area (TPSA) is 35.9 Å². The highest BCUT2D eigenvalue weighted by Crippen LogP contribution is 2.38. The normalized spacial score (nSPS) is 19.1. The number of piperidine rings is 1. The first-order valence-corrected chi connectivity index (χ1v) is 10.3. The van der Waals surface area contributed by atoms with Crippen molar-refractivity contribution < 1.29 is 4.79 Å². The maximum Gasteiger partial charge on any atom is 0.260 e. The van der Waals surface area contributed by atoms with Crippen LogP contribution in [-0.4, -0.2) is 51.7 Å². The second kappa shape index (κ2) is 7.57. The van der Waals surface area contributed by atoms with Gasteiger partial charge >= 0.3 is 0 Å². The molecule has 2 heterocycles. The fourth-order valence-electron chi connectivity index (χ4n) is 4.05. The van der Waals surface area contributed by atoms with Crippen molar-refractivity contribution in [3.8, 4) is 0 Å². The number of aliphatic imine (C=N–C) groups is 1. The summed E-state index contributed by atoms with van der Waals surface area (Å²) >= 11 is 5.82. The Bertz CT molecular complexity index is 913. The molecule has 2 aromatic carbocycles. The van der Waals surface area contributed by atoms with E-state index in [2.05, 4.69) is 11.8 Å². The lowest BCUT2D eigenvalue weighted by Gasteiger charge is -2.42. The van der Waals surface area contributed by atoms with E-state index in [0.29, 0.717) is 10.6 Å². The molecule has 28 heavy (non-hydrogen) atoms. The van der Waals surface area contributed by atoms with Crippen LogP contribution in [0.1, 0.15) is 41.3 Å². The Morgan fingerprint density at radius 1 is 1.07 bits per heavy atom. The molecule has 0 aliphatic carbocycles. The first-order valence-electron chi connectivity index (χ1n) is 9.87. The lowest BCUT2D eigenvalue weighted by Crippen LogP contribution is -2.55. The summed E-state index contributed by atoms with van der Waals surface area (Å²) in [5, 5.41) is 0. The molecule has 1 fully saturated rings. The smallest absolute Gasteiger partial charge is 0.260 e. The number of rotatable bonds is 3. The van der Waals surface area contributed by atoms with Crippen LogP contribution in [0.5, 0.6) is 0 Å². The van der Waals surface area contributed by atoms with E-state index in [1.54, 1.807) is 4.90 Å². The van der Waals surface area contributed by atoms with Gasteiger partial charge in [-0.1, -0.05) is 67.2 Å². The Kier molecular flexibility index (Phi) is 5.13. The average molecular weight is 392 g/mol. The third-order valence-corrected chi connectivity index (χ3v) is 6.17. The van der Waals surface area contributed by atoms with E-state index < -0.39 is 5.66 Å². The van der Waals surface area contributed by atoms with Crippen LogP contribution in [0.2, 0.25) is 0 Å². The minimum atomic E-state index is -0.574. The summed E-state index contributed by atoms with van der Waals surface area (Å²) in [6.45, 7) is 7.05. The summed E-state index contributed by atoms with van der Waals surface area (Å²) in [6.07, 6.45) is 1.60. The van der Waals surface area contributed by atoms with Gasteiger partial charge in [0.2, 0.25) is 0 Å². The third-order valence-electron chi connectivity index (χ3n) is 5.79. The highest BCUT2D eigenvalue weighted by Gasteiger charge is 2.49. The molecule has 0 unspecified atom stereocenters. The van der Waals surface area contributed by atoms with Crippen LogP contribution in [0.15, 0.2) is 59.6 Å². The van der Waals surface area contributed by atoms with Gasteiger partial charge in [-0.3, -0.25) is 14.7 Å². The van der Waals surface area contributed by atoms with Gasteiger partial charge in [0.15, 0.2) is 0 Å². The van der Waals surface area contributed by atoms with Crippen LogP contribution >= 0.6 is 12.2 Å². The third kappa shape index (κ3) is 3.29. The summed E-state index contributed by atoms with van der Waals surface area (Å²) in [6, 6.07) is 17.7. The summed E-state index contributed by atoms with van der Waals surface area (Å²) in [4.78, 5) is 23.4. The predicted octanol–water partition coefficient (Wildman–Crippen LogP) is 4.08. The van der Waals surface area contributed by atoms with E-state index in [1.807, 2.05) is 61.5 Å². The number of amides is 1. The summed E-state index contributed by atoms with van der Waals surface area (Å²) in [7, 11) is 0. The second-order valence-corrected chi connectivity index (χ2v) is 7.94. The minimum Gasteiger partial charge on any atom is -0.303 e. The first-order chi connectivity index (χ1) is 13.5. The second-order valence-electron chi connectivity index (χ2n) is 7.55. The zero-order valence-electron chi connectivity index (χ0n) is 16.4. The molecule has 0 radical (unpaired) electrons. The standard InChI is InChI=1S/C23H25N3OS/c1-3-25-15-13-23(14-16-25)24-20(18-7-5-4-6-8-18)22(28)26(23)21(27)19-11-9-17(2)10-12-19/h4-12H,3,13-16H2,1-2H3.